The van der Waals surface area contributed by atoms with Crippen LogP contribution in [-0.4, -0.2) is 11.8 Å². The van der Waals surface area contributed by atoms with Gasteiger partial charge in [0.25, 0.3) is 5.24 Å². The minimum atomic E-state index is -0.534. The molecule has 0 radical (unpaired) electrons. The van der Waals surface area contributed by atoms with E-state index in [1.54, 1.807) is 6.07 Å². The molecule has 0 bridgehead atoms. The smallest absolute Gasteiger partial charge is 0.276 e. The number of carbonyl (C=O) groups excluding carboxylic acids is 1. The number of nitrogens with one attached hydrogen (secondary N) is 1. The third-order valence-electron chi connectivity index (χ3n) is 2.34. The van der Waals surface area contributed by atoms with Crippen molar-refractivity contribution in [1.82, 2.24) is 5.32 Å². The molecule has 0 aliphatic heterocycles. The molecule has 88 valence electrons. The lowest BCUT2D eigenvalue weighted by atomic mass is 9.84. The summed E-state index contributed by atoms with van der Waals surface area (Å²) in [5, 5.41) is 2.59. The van der Waals surface area contributed by atoms with E-state index < -0.39 is 10.7 Å². The van der Waals surface area contributed by atoms with Gasteiger partial charge in [-0.15, -0.1) is 0 Å². The van der Waals surface area contributed by atoms with Gasteiger partial charge in [-0.05, 0) is 23.8 Å². The Hall–Kier alpha value is -0.740. The van der Waals surface area contributed by atoms with E-state index in [-0.39, 0.29) is 5.82 Å². The number of amides is 1. The maximum atomic E-state index is 13.6. The molecule has 0 saturated carbocycles. The van der Waals surface area contributed by atoms with Crippen molar-refractivity contribution >= 4 is 29.5 Å². The highest BCUT2D eigenvalue weighted by atomic mass is 35.5. The zero-order valence-corrected chi connectivity index (χ0v) is 10.7. The summed E-state index contributed by atoms with van der Waals surface area (Å²) in [7, 11) is 0. The summed E-state index contributed by atoms with van der Waals surface area (Å²) in [6.45, 7) is 3.95. The van der Waals surface area contributed by atoms with E-state index in [0.717, 1.165) is 0 Å². The van der Waals surface area contributed by atoms with Gasteiger partial charge in [0.05, 0.1) is 0 Å². The fourth-order valence-corrected chi connectivity index (χ4v) is 1.66. The second kappa shape index (κ2) is 5.06. The molecule has 2 nitrogen and oxygen atoms in total. The number of hydrogen-bond acceptors (Lipinski definition) is 1. The van der Waals surface area contributed by atoms with E-state index in [9.17, 15) is 9.18 Å². The molecule has 0 heterocycles. The monoisotopic (exact) mass is 261 g/mol. The van der Waals surface area contributed by atoms with Gasteiger partial charge < -0.3 is 5.32 Å². The quantitative estimate of drug-likeness (QED) is 0.803. The van der Waals surface area contributed by atoms with Crippen molar-refractivity contribution in [2.24, 2.45) is 0 Å². The van der Waals surface area contributed by atoms with Gasteiger partial charge in [0, 0.05) is 17.0 Å². The van der Waals surface area contributed by atoms with Crippen LogP contribution in [0.3, 0.4) is 0 Å². The van der Waals surface area contributed by atoms with Crippen LogP contribution in [0.2, 0.25) is 5.02 Å². The first-order valence-electron chi connectivity index (χ1n) is 4.75. The van der Waals surface area contributed by atoms with Crippen LogP contribution in [0.25, 0.3) is 0 Å². The van der Waals surface area contributed by atoms with Crippen LogP contribution in [0.1, 0.15) is 19.4 Å². The van der Waals surface area contributed by atoms with Crippen LogP contribution in [-0.2, 0) is 5.41 Å². The first-order valence-corrected chi connectivity index (χ1v) is 5.58. The minimum absolute atomic E-state index is 0.298. The molecule has 1 aromatic rings. The summed E-state index contributed by atoms with van der Waals surface area (Å²) in [4.78, 5) is 10.7. The van der Waals surface area contributed by atoms with Crippen molar-refractivity contribution < 1.29 is 9.18 Å². The topological polar surface area (TPSA) is 29.1 Å². The Bertz CT molecular complexity index is 409. The molecule has 16 heavy (non-hydrogen) atoms. The number of hydrogen-bond donors (Lipinski definition) is 2. The van der Waals surface area contributed by atoms with Gasteiger partial charge in [-0.1, -0.05) is 38.1 Å². The van der Waals surface area contributed by atoms with E-state index in [4.69, 9.17) is 11.6 Å². The zero-order chi connectivity index (χ0) is 12.3. The van der Waals surface area contributed by atoms with Crippen LogP contribution >= 0.6 is 24.2 Å². The SMILES string of the molecule is CC(C)(CNC(=O)S)c1cc(Cl)ccc1F. The fraction of sp³-hybridized carbons (Fsp3) is 0.364. The summed E-state index contributed by atoms with van der Waals surface area (Å²) >= 11 is 9.42. The Kier molecular flexibility index (Phi) is 4.21. The Labute approximate surface area is 105 Å². The summed E-state index contributed by atoms with van der Waals surface area (Å²) < 4.78 is 13.6. The Balaban J connectivity index is 2.96. The third-order valence-corrected chi connectivity index (χ3v) is 2.73. The molecule has 5 heteroatoms. The summed E-state index contributed by atoms with van der Waals surface area (Å²) in [6, 6.07) is 4.39. The molecular weight excluding hydrogens is 249 g/mol. The molecule has 0 aliphatic rings. The molecule has 0 fully saturated rings. The standard InChI is InChI=1S/C11H13ClFNOS/c1-11(2,6-14-10(15)16)8-5-7(12)3-4-9(8)13/h3-5H,6H2,1-2H3,(H2,14,15,16). The Morgan fingerprint density at radius 2 is 2.19 bits per heavy atom. The average Bonchev–Trinajstić information content (AvgIpc) is 2.19. The number of benzene rings is 1. The second-order valence-electron chi connectivity index (χ2n) is 4.17. The highest BCUT2D eigenvalue weighted by molar-refractivity contribution is 7.96. The van der Waals surface area contributed by atoms with Crippen LogP contribution in [0.5, 0.6) is 0 Å². The molecule has 1 aromatic carbocycles. The number of carbonyl (C=O) groups is 1. The lowest BCUT2D eigenvalue weighted by Gasteiger charge is -2.25. The highest BCUT2D eigenvalue weighted by Gasteiger charge is 2.24. The fourth-order valence-electron chi connectivity index (χ4n) is 1.41. The summed E-state index contributed by atoms with van der Waals surface area (Å²) in [5.74, 6) is -0.331. The first-order chi connectivity index (χ1) is 7.33. The maximum Gasteiger partial charge on any atom is 0.276 e. The van der Waals surface area contributed by atoms with Gasteiger partial charge in [0.2, 0.25) is 0 Å². The maximum absolute atomic E-state index is 13.6. The predicted octanol–water partition coefficient (Wildman–Crippen LogP) is 3.40. The normalized spacial score (nSPS) is 11.3. The Morgan fingerprint density at radius 1 is 1.56 bits per heavy atom. The van der Waals surface area contributed by atoms with Gasteiger partial charge in [-0.3, -0.25) is 4.79 Å². The molecule has 0 aliphatic carbocycles. The number of halogens is 2. The molecule has 0 spiro atoms. The van der Waals surface area contributed by atoms with Gasteiger partial charge in [0.15, 0.2) is 0 Å². The van der Waals surface area contributed by atoms with Crippen LogP contribution < -0.4 is 5.32 Å². The lowest BCUT2D eigenvalue weighted by Crippen LogP contribution is -2.35. The molecule has 1 rings (SSSR count). The third kappa shape index (κ3) is 3.39. The van der Waals surface area contributed by atoms with Crippen molar-refractivity contribution in [2.75, 3.05) is 6.54 Å². The van der Waals surface area contributed by atoms with Gasteiger partial charge in [-0.2, -0.15) is 0 Å². The lowest BCUT2D eigenvalue weighted by molar-refractivity contribution is 0.258. The van der Waals surface area contributed by atoms with Crippen molar-refractivity contribution in [3.8, 4) is 0 Å². The van der Waals surface area contributed by atoms with Crippen LogP contribution in [0.15, 0.2) is 18.2 Å². The molecular formula is C11H13ClFNOS. The molecule has 0 aromatic heterocycles. The van der Waals surface area contributed by atoms with Gasteiger partial charge in [0.1, 0.15) is 5.82 Å². The van der Waals surface area contributed by atoms with E-state index in [2.05, 4.69) is 17.9 Å². The van der Waals surface area contributed by atoms with Crippen LogP contribution in [0.4, 0.5) is 9.18 Å². The highest BCUT2D eigenvalue weighted by Crippen LogP contribution is 2.27. The molecule has 1 amide bonds. The van der Waals surface area contributed by atoms with E-state index in [1.165, 1.54) is 12.1 Å². The predicted molar refractivity (Wildman–Crippen MR) is 66.8 cm³/mol. The summed E-state index contributed by atoms with van der Waals surface area (Å²) in [6.07, 6.45) is 0. The largest absolute Gasteiger partial charge is 0.346 e. The minimum Gasteiger partial charge on any atom is -0.346 e. The van der Waals surface area contributed by atoms with Gasteiger partial charge >= 0.3 is 0 Å². The number of thiol groups is 1. The van der Waals surface area contributed by atoms with E-state index in [0.29, 0.717) is 17.1 Å². The average molecular weight is 262 g/mol. The van der Waals surface area contributed by atoms with Crippen molar-refractivity contribution in [3.63, 3.8) is 0 Å². The second-order valence-corrected chi connectivity index (χ2v) is 5.01. The molecule has 0 saturated heterocycles. The molecule has 0 atom stereocenters. The molecule has 1 N–H and O–H groups in total. The van der Waals surface area contributed by atoms with Gasteiger partial charge in [-0.25, -0.2) is 4.39 Å². The first kappa shape index (κ1) is 13.3. The van der Waals surface area contributed by atoms with E-state index in [1.807, 2.05) is 13.8 Å². The zero-order valence-electron chi connectivity index (χ0n) is 9.05. The molecule has 0 unspecified atom stereocenters. The number of rotatable bonds is 3. The van der Waals surface area contributed by atoms with Crippen molar-refractivity contribution in [3.05, 3.63) is 34.6 Å². The Morgan fingerprint density at radius 3 is 2.75 bits per heavy atom. The van der Waals surface area contributed by atoms with Crippen molar-refractivity contribution in [2.45, 2.75) is 19.3 Å². The van der Waals surface area contributed by atoms with E-state index >= 15 is 0 Å². The van der Waals surface area contributed by atoms with Crippen LogP contribution in [0, 0.1) is 5.82 Å². The summed E-state index contributed by atoms with van der Waals surface area (Å²) in [5.41, 5.74) is -0.0602. The van der Waals surface area contributed by atoms with Crippen molar-refractivity contribution in [1.29, 1.82) is 0 Å².